The average Bonchev–Trinajstić information content (AvgIpc) is 3.01. The third kappa shape index (κ3) is 3.27. The summed E-state index contributed by atoms with van der Waals surface area (Å²) in [7, 11) is 0. The average molecular weight is 317 g/mol. The Labute approximate surface area is 134 Å². The third-order valence-electron chi connectivity index (χ3n) is 3.75. The van der Waals surface area contributed by atoms with Crippen molar-refractivity contribution < 1.29 is 4.79 Å². The number of nitrogens with zero attached hydrogens (tertiary/aromatic N) is 1. The quantitative estimate of drug-likeness (QED) is 0.814. The van der Waals surface area contributed by atoms with E-state index in [-0.39, 0.29) is 18.0 Å². The van der Waals surface area contributed by atoms with Crippen molar-refractivity contribution in [3.63, 3.8) is 0 Å². The van der Waals surface area contributed by atoms with Crippen LogP contribution in [0.25, 0.3) is 0 Å². The van der Waals surface area contributed by atoms with Crippen LogP contribution in [0.2, 0.25) is 5.02 Å². The van der Waals surface area contributed by atoms with Gasteiger partial charge in [-0.1, -0.05) is 17.7 Å². The van der Waals surface area contributed by atoms with E-state index in [0.29, 0.717) is 11.4 Å². The second kappa shape index (κ2) is 6.44. The van der Waals surface area contributed by atoms with Crippen LogP contribution in [0, 0.1) is 6.92 Å². The molecule has 0 saturated carbocycles. The zero-order chi connectivity index (χ0) is 15.5. The second-order valence-corrected chi connectivity index (χ2v) is 5.80. The minimum Gasteiger partial charge on any atom is -0.324 e. The van der Waals surface area contributed by atoms with E-state index in [0.717, 1.165) is 16.8 Å². The maximum atomic E-state index is 12.4. The van der Waals surface area contributed by atoms with Crippen LogP contribution in [0.5, 0.6) is 0 Å². The molecule has 0 spiro atoms. The van der Waals surface area contributed by atoms with E-state index in [9.17, 15) is 4.79 Å². The molecule has 0 bridgehead atoms. The third-order valence-corrected chi connectivity index (χ3v) is 3.99. The van der Waals surface area contributed by atoms with Gasteiger partial charge in [-0.15, -0.1) is 0 Å². The number of carbonyl (C=O) groups excluding carboxylic acids is 1. The lowest BCUT2D eigenvalue weighted by Crippen LogP contribution is -2.39. The van der Waals surface area contributed by atoms with Gasteiger partial charge in [0.2, 0.25) is 5.91 Å². The molecule has 3 N–H and O–H groups in total. The number of nitrogens with one attached hydrogen (secondary N) is 3. The molecule has 1 aliphatic heterocycles. The summed E-state index contributed by atoms with van der Waals surface area (Å²) < 4.78 is 0. The highest BCUT2D eigenvalue weighted by molar-refractivity contribution is 6.30. The number of benzene rings is 1. The molecule has 5 nitrogen and oxygen atoms in total. The van der Waals surface area contributed by atoms with Crippen LogP contribution in [-0.4, -0.2) is 16.9 Å². The maximum Gasteiger partial charge on any atom is 0.242 e. The Kier molecular flexibility index (Phi) is 4.38. The molecule has 2 heterocycles. The van der Waals surface area contributed by atoms with Crippen molar-refractivity contribution in [2.45, 2.75) is 25.4 Å². The van der Waals surface area contributed by atoms with Crippen LogP contribution in [0.1, 0.15) is 23.6 Å². The summed E-state index contributed by atoms with van der Waals surface area (Å²) in [6.07, 6.45) is 4.21. The van der Waals surface area contributed by atoms with E-state index in [1.165, 1.54) is 0 Å². The highest BCUT2D eigenvalue weighted by Gasteiger charge is 2.30. The number of aromatic nitrogens is 1. The highest BCUT2D eigenvalue weighted by Crippen LogP contribution is 2.23. The lowest BCUT2D eigenvalue weighted by molar-refractivity contribution is -0.117. The predicted octanol–water partition coefficient (Wildman–Crippen LogP) is 2.59. The second-order valence-electron chi connectivity index (χ2n) is 5.36. The molecule has 3 rings (SSSR count). The van der Waals surface area contributed by atoms with Crippen LogP contribution in [-0.2, 0) is 4.79 Å². The smallest absolute Gasteiger partial charge is 0.242 e. The minimum absolute atomic E-state index is 0.0655. The topological polar surface area (TPSA) is 66.0 Å². The summed E-state index contributed by atoms with van der Waals surface area (Å²) in [6, 6.07) is 9.09. The monoisotopic (exact) mass is 316 g/mol. The van der Waals surface area contributed by atoms with Gasteiger partial charge in [-0.2, -0.15) is 0 Å². The fourth-order valence-corrected chi connectivity index (χ4v) is 2.74. The molecule has 2 unspecified atom stereocenters. The van der Waals surface area contributed by atoms with E-state index >= 15 is 0 Å². The van der Waals surface area contributed by atoms with E-state index < -0.39 is 0 Å². The molecule has 2 atom stereocenters. The Morgan fingerprint density at radius 3 is 2.95 bits per heavy atom. The van der Waals surface area contributed by atoms with Gasteiger partial charge in [0.25, 0.3) is 0 Å². The number of amides is 1. The van der Waals surface area contributed by atoms with Gasteiger partial charge < -0.3 is 5.32 Å². The Balaban J connectivity index is 1.64. The summed E-state index contributed by atoms with van der Waals surface area (Å²) in [5.74, 6) is -0.0655. The van der Waals surface area contributed by atoms with Crippen LogP contribution in [0.15, 0.2) is 42.7 Å². The summed E-state index contributed by atoms with van der Waals surface area (Å²) in [5.41, 5.74) is 8.96. The number of pyridine rings is 1. The molecule has 1 aromatic heterocycles. The van der Waals surface area contributed by atoms with Gasteiger partial charge in [-0.3, -0.25) is 9.78 Å². The molecule has 0 radical (unpaired) electrons. The summed E-state index contributed by atoms with van der Waals surface area (Å²) >= 11 is 5.93. The van der Waals surface area contributed by atoms with Crippen LogP contribution >= 0.6 is 11.6 Å². The number of anilines is 1. The molecule has 1 fully saturated rings. The number of aryl methyl sites for hydroxylation is 1. The molecule has 1 aromatic carbocycles. The van der Waals surface area contributed by atoms with Gasteiger partial charge in [0.15, 0.2) is 0 Å². The highest BCUT2D eigenvalue weighted by atomic mass is 35.5. The van der Waals surface area contributed by atoms with Gasteiger partial charge in [0.1, 0.15) is 6.04 Å². The van der Waals surface area contributed by atoms with Crippen molar-refractivity contribution in [1.82, 2.24) is 15.8 Å². The molecule has 22 heavy (non-hydrogen) atoms. The summed E-state index contributed by atoms with van der Waals surface area (Å²) in [4.78, 5) is 16.5. The minimum atomic E-state index is -0.291. The predicted molar refractivity (Wildman–Crippen MR) is 86.5 cm³/mol. The fraction of sp³-hybridized carbons (Fsp3) is 0.250. The summed E-state index contributed by atoms with van der Waals surface area (Å²) in [5, 5.41) is 3.60. The standard InChI is InChI=1S/C16H17ClN4O/c1-10-7-12(17)4-5-13(10)19-16(22)15-8-14(20-21-15)11-3-2-6-18-9-11/h2-7,9,14-15,20-21H,8H2,1H3,(H,19,22). The number of hydrogen-bond acceptors (Lipinski definition) is 4. The SMILES string of the molecule is Cc1cc(Cl)ccc1NC(=O)C1CC(c2cccnc2)NN1. The molecular formula is C16H17ClN4O. The molecule has 1 aliphatic rings. The number of rotatable bonds is 3. The van der Waals surface area contributed by atoms with E-state index in [2.05, 4.69) is 21.2 Å². The van der Waals surface area contributed by atoms with E-state index in [1.807, 2.05) is 37.4 Å². The summed E-state index contributed by atoms with van der Waals surface area (Å²) in [6.45, 7) is 1.92. The van der Waals surface area contributed by atoms with Gasteiger partial charge in [-0.25, -0.2) is 10.9 Å². The lowest BCUT2D eigenvalue weighted by Gasteiger charge is -2.12. The molecular weight excluding hydrogens is 300 g/mol. The zero-order valence-electron chi connectivity index (χ0n) is 12.1. The Bertz CT molecular complexity index is 677. The fourth-order valence-electron chi connectivity index (χ4n) is 2.52. The Morgan fingerprint density at radius 1 is 1.36 bits per heavy atom. The number of hydrazine groups is 1. The molecule has 6 heteroatoms. The first-order valence-corrected chi connectivity index (χ1v) is 7.49. The van der Waals surface area contributed by atoms with E-state index in [4.69, 9.17) is 11.6 Å². The molecule has 1 saturated heterocycles. The zero-order valence-corrected chi connectivity index (χ0v) is 12.9. The van der Waals surface area contributed by atoms with Gasteiger partial charge >= 0.3 is 0 Å². The lowest BCUT2D eigenvalue weighted by atomic mass is 10.0. The largest absolute Gasteiger partial charge is 0.324 e. The van der Waals surface area contributed by atoms with Crippen molar-refractivity contribution in [3.05, 3.63) is 58.9 Å². The van der Waals surface area contributed by atoms with Crippen LogP contribution < -0.4 is 16.2 Å². The number of carbonyl (C=O) groups is 1. The van der Waals surface area contributed by atoms with Crippen LogP contribution in [0.3, 0.4) is 0 Å². The first-order valence-electron chi connectivity index (χ1n) is 7.11. The normalized spacial score (nSPS) is 20.8. The first-order chi connectivity index (χ1) is 10.6. The molecule has 1 amide bonds. The van der Waals surface area contributed by atoms with Crippen molar-refractivity contribution in [2.24, 2.45) is 0 Å². The van der Waals surface area contributed by atoms with Gasteiger partial charge in [-0.05, 0) is 48.7 Å². The van der Waals surface area contributed by atoms with Crippen molar-refractivity contribution in [2.75, 3.05) is 5.32 Å². The van der Waals surface area contributed by atoms with Gasteiger partial charge in [0.05, 0.1) is 0 Å². The molecule has 114 valence electrons. The Hall–Kier alpha value is -1.95. The maximum absolute atomic E-state index is 12.4. The number of hydrogen-bond donors (Lipinski definition) is 3. The van der Waals surface area contributed by atoms with Crippen molar-refractivity contribution in [3.8, 4) is 0 Å². The van der Waals surface area contributed by atoms with E-state index in [1.54, 1.807) is 12.3 Å². The first kappa shape index (κ1) is 15.0. The Morgan fingerprint density at radius 2 is 2.23 bits per heavy atom. The van der Waals surface area contributed by atoms with Crippen molar-refractivity contribution >= 4 is 23.2 Å². The van der Waals surface area contributed by atoms with Crippen LogP contribution in [0.4, 0.5) is 5.69 Å². The molecule has 0 aliphatic carbocycles. The number of halogens is 1. The molecule has 2 aromatic rings. The van der Waals surface area contributed by atoms with Gasteiger partial charge in [0, 0.05) is 29.1 Å². The van der Waals surface area contributed by atoms with Crippen molar-refractivity contribution in [1.29, 1.82) is 0 Å².